The molecule has 0 heterocycles. The summed E-state index contributed by atoms with van der Waals surface area (Å²) in [6, 6.07) is 12.7. The van der Waals surface area contributed by atoms with Gasteiger partial charge < -0.3 is 10.1 Å². The third-order valence-electron chi connectivity index (χ3n) is 2.82. The number of ether oxygens (including phenoxy) is 1. The van der Waals surface area contributed by atoms with E-state index < -0.39 is 0 Å². The third-order valence-corrected chi connectivity index (χ3v) is 3.46. The summed E-state index contributed by atoms with van der Waals surface area (Å²) >= 11 is 12.2. The average molecular weight is 307 g/mol. The molecule has 2 aromatic carbocycles. The minimum atomic E-state index is 0.545. The molecule has 0 fully saturated rings. The van der Waals surface area contributed by atoms with Crippen molar-refractivity contribution >= 4 is 28.9 Å². The molecule has 0 saturated heterocycles. The summed E-state index contributed by atoms with van der Waals surface area (Å²) in [5.74, 6) is 0.633. The van der Waals surface area contributed by atoms with Gasteiger partial charge in [0.25, 0.3) is 0 Å². The van der Waals surface area contributed by atoms with E-state index in [1.54, 1.807) is 31.4 Å². The summed E-state index contributed by atoms with van der Waals surface area (Å²) in [6.07, 6.45) is 0. The number of benzene rings is 2. The van der Waals surface area contributed by atoms with Crippen molar-refractivity contribution in [2.45, 2.75) is 6.54 Å². The van der Waals surface area contributed by atoms with Gasteiger partial charge in [0.05, 0.1) is 23.8 Å². The van der Waals surface area contributed by atoms with Crippen LogP contribution in [-0.2, 0) is 6.54 Å². The van der Waals surface area contributed by atoms with Gasteiger partial charge in [0, 0.05) is 17.3 Å². The molecule has 20 heavy (non-hydrogen) atoms. The van der Waals surface area contributed by atoms with E-state index in [0.717, 1.165) is 11.3 Å². The van der Waals surface area contributed by atoms with E-state index in [0.29, 0.717) is 27.9 Å². The van der Waals surface area contributed by atoms with Crippen LogP contribution in [0.2, 0.25) is 10.0 Å². The van der Waals surface area contributed by atoms with Crippen LogP contribution in [0.15, 0.2) is 36.4 Å². The average Bonchev–Trinajstić information content (AvgIpc) is 2.46. The lowest BCUT2D eigenvalue weighted by atomic mass is 10.1. The van der Waals surface area contributed by atoms with E-state index in [4.69, 9.17) is 33.2 Å². The van der Waals surface area contributed by atoms with E-state index in [1.165, 1.54) is 0 Å². The number of halogens is 2. The Morgan fingerprint density at radius 2 is 1.95 bits per heavy atom. The second-order valence-electron chi connectivity index (χ2n) is 4.12. The first-order valence-corrected chi connectivity index (χ1v) is 6.65. The van der Waals surface area contributed by atoms with Gasteiger partial charge in [-0.15, -0.1) is 0 Å². The molecule has 2 rings (SSSR count). The van der Waals surface area contributed by atoms with Gasteiger partial charge in [0.2, 0.25) is 0 Å². The highest BCUT2D eigenvalue weighted by Gasteiger charge is 2.04. The molecule has 5 heteroatoms. The van der Waals surface area contributed by atoms with Crippen LogP contribution in [0, 0.1) is 11.3 Å². The van der Waals surface area contributed by atoms with Gasteiger partial charge in [-0.05, 0) is 35.9 Å². The summed E-state index contributed by atoms with van der Waals surface area (Å²) in [5.41, 5.74) is 2.33. The van der Waals surface area contributed by atoms with Crippen molar-refractivity contribution < 1.29 is 4.74 Å². The number of hydrogen-bond acceptors (Lipinski definition) is 3. The lowest BCUT2D eigenvalue weighted by molar-refractivity contribution is 0.415. The fourth-order valence-corrected chi connectivity index (χ4v) is 2.24. The van der Waals surface area contributed by atoms with Crippen LogP contribution in [-0.4, -0.2) is 7.11 Å². The first-order chi connectivity index (χ1) is 9.63. The van der Waals surface area contributed by atoms with Crippen LogP contribution in [0.5, 0.6) is 5.75 Å². The normalized spacial score (nSPS) is 9.90. The zero-order valence-corrected chi connectivity index (χ0v) is 12.3. The molecule has 3 nitrogen and oxygen atoms in total. The molecule has 102 valence electrons. The number of anilines is 1. The van der Waals surface area contributed by atoms with E-state index in [1.807, 2.05) is 12.1 Å². The number of nitrogens with one attached hydrogen (secondary N) is 1. The van der Waals surface area contributed by atoms with Crippen molar-refractivity contribution in [1.29, 1.82) is 5.26 Å². The molecule has 2 aromatic rings. The molecular weight excluding hydrogens is 295 g/mol. The van der Waals surface area contributed by atoms with Crippen molar-refractivity contribution in [3.63, 3.8) is 0 Å². The van der Waals surface area contributed by atoms with Gasteiger partial charge in [-0.25, -0.2) is 0 Å². The second kappa shape index (κ2) is 6.51. The Morgan fingerprint density at radius 3 is 2.55 bits per heavy atom. The van der Waals surface area contributed by atoms with Crippen LogP contribution in [0.3, 0.4) is 0 Å². The van der Waals surface area contributed by atoms with Gasteiger partial charge in [-0.2, -0.15) is 5.26 Å². The van der Waals surface area contributed by atoms with Gasteiger partial charge in [-0.3, -0.25) is 0 Å². The maximum absolute atomic E-state index is 8.79. The van der Waals surface area contributed by atoms with Crippen LogP contribution < -0.4 is 10.1 Å². The Kier molecular flexibility index (Phi) is 4.73. The Morgan fingerprint density at radius 1 is 1.15 bits per heavy atom. The van der Waals surface area contributed by atoms with E-state index in [-0.39, 0.29) is 0 Å². The number of nitriles is 1. The van der Waals surface area contributed by atoms with Crippen LogP contribution in [0.4, 0.5) is 5.69 Å². The Balaban J connectivity index is 2.09. The Labute approximate surface area is 127 Å². The summed E-state index contributed by atoms with van der Waals surface area (Å²) in [4.78, 5) is 0. The minimum absolute atomic E-state index is 0.545. The molecule has 0 atom stereocenters. The van der Waals surface area contributed by atoms with Gasteiger partial charge in [-0.1, -0.05) is 29.3 Å². The fourth-order valence-electron chi connectivity index (χ4n) is 1.73. The van der Waals surface area contributed by atoms with Crippen molar-refractivity contribution in [1.82, 2.24) is 0 Å². The van der Waals surface area contributed by atoms with Gasteiger partial charge in [0.15, 0.2) is 0 Å². The molecule has 0 spiro atoms. The number of rotatable bonds is 4. The number of nitrogens with zero attached hydrogens (tertiary/aromatic N) is 1. The minimum Gasteiger partial charge on any atom is -0.495 e. The summed E-state index contributed by atoms with van der Waals surface area (Å²) in [7, 11) is 1.57. The summed E-state index contributed by atoms with van der Waals surface area (Å²) in [6.45, 7) is 0.549. The van der Waals surface area contributed by atoms with Crippen molar-refractivity contribution in [3.05, 3.63) is 57.6 Å². The lowest BCUT2D eigenvalue weighted by Gasteiger charge is -2.10. The van der Waals surface area contributed by atoms with Crippen molar-refractivity contribution in [2.24, 2.45) is 0 Å². The Hall–Kier alpha value is -1.89. The van der Waals surface area contributed by atoms with E-state index >= 15 is 0 Å². The first-order valence-electron chi connectivity index (χ1n) is 5.90. The van der Waals surface area contributed by atoms with Crippen molar-refractivity contribution in [3.8, 4) is 11.8 Å². The molecule has 0 saturated carbocycles. The highest BCUT2D eigenvalue weighted by atomic mass is 35.5. The maximum Gasteiger partial charge on any atom is 0.137 e. The molecule has 0 amide bonds. The highest BCUT2D eigenvalue weighted by Crippen LogP contribution is 2.28. The Bertz CT molecular complexity index is 665. The van der Waals surface area contributed by atoms with Crippen LogP contribution in [0.1, 0.15) is 11.1 Å². The standard InChI is InChI=1S/C15H12Cl2N2O/c1-20-15-5-4-12(7-14(15)17)19-9-11-3-2-10(8-18)6-13(11)16/h2-7,19H,9H2,1H3. The van der Waals surface area contributed by atoms with Gasteiger partial charge in [0.1, 0.15) is 5.75 Å². The largest absolute Gasteiger partial charge is 0.495 e. The fraction of sp³-hybridized carbons (Fsp3) is 0.133. The predicted molar refractivity (Wildman–Crippen MR) is 81.5 cm³/mol. The zero-order valence-electron chi connectivity index (χ0n) is 10.8. The molecular formula is C15H12Cl2N2O. The van der Waals surface area contributed by atoms with E-state index in [2.05, 4.69) is 11.4 Å². The van der Waals surface area contributed by atoms with E-state index in [9.17, 15) is 0 Å². The van der Waals surface area contributed by atoms with Crippen LogP contribution >= 0.6 is 23.2 Å². The monoisotopic (exact) mass is 306 g/mol. The molecule has 0 bridgehead atoms. The summed E-state index contributed by atoms with van der Waals surface area (Å²) < 4.78 is 5.10. The maximum atomic E-state index is 8.79. The highest BCUT2D eigenvalue weighted by molar-refractivity contribution is 6.32. The first kappa shape index (κ1) is 14.5. The quantitative estimate of drug-likeness (QED) is 0.905. The zero-order chi connectivity index (χ0) is 14.5. The molecule has 1 N–H and O–H groups in total. The lowest BCUT2D eigenvalue weighted by Crippen LogP contribution is -2.00. The molecule has 0 radical (unpaired) electrons. The topological polar surface area (TPSA) is 45.0 Å². The van der Waals surface area contributed by atoms with Crippen molar-refractivity contribution in [2.75, 3.05) is 12.4 Å². The third kappa shape index (κ3) is 3.36. The molecule has 0 aliphatic rings. The predicted octanol–water partition coefficient (Wildman–Crippen LogP) is 4.49. The molecule has 0 aliphatic heterocycles. The molecule has 0 unspecified atom stereocenters. The molecule has 0 aliphatic carbocycles. The second-order valence-corrected chi connectivity index (χ2v) is 4.94. The van der Waals surface area contributed by atoms with Gasteiger partial charge >= 0.3 is 0 Å². The van der Waals surface area contributed by atoms with Crippen LogP contribution in [0.25, 0.3) is 0 Å². The SMILES string of the molecule is COc1ccc(NCc2ccc(C#N)cc2Cl)cc1Cl. The summed E-state index contributed by atoms with van der Waals surface area (Å²) in [5, 5.41) is 13.1. The molecule has 0 aromatic heterocycles. The number of hydrogen-bond donors (Lipinski definition) is 1. The smallest absolute Gasteiger partial charge is 0.137 e. The number of methoxy groups -OCH3 is 1.